The van der Waals surface area contributed by atoms with Crippen molar-refractivity contribution in [3.8, 4) is 5.75 Å². The van der Waals surface area contributed by atoms with E-state index in [0.29, 0.717) is 11.5 Å². The first-order valence-corrected chi connectivity index (χ1v) is 7.70. The van der Waals surface area contributed by atoms with Gasteiger partial charge in [0.2, 0.25) is 0 Å². The molecule has 1 saturated carbocycles. The lowest BCUT2D eigenvalue weighted by atomic mass is 9.76. The second kappa shape index (κ2) is 5.54. The fourth-order valence-corrected chi connectivity index (χ4v) is 3.48. The first-order chi connectivity index (χ1) is 9.25. The highest BCUT2D eigenvalue weighted by Gasteiger charge is 2.27. The highest BCUT2D eigenvalue weighted by Crippen LogP contribution is 2.35. The van der Waals surface area contributed by atoms with Crippen LogP contribution in [0.15, 0.2) is 24.3 Å². The Balaban J connectivity index is 1.44. The van der Waals surface area contributed by atoms with Gasteiger partial charge in [0.25, 0.3) is 0 Å². The van der Waals surface area contributed by atoms with Gasteiger partial charge in [0.1, 0.15) is 11.9 Å². The van der Waals surface area contributed by atoms with E-state index in [2.05, 4.69) is 36.5 Å². The van der Waals surface area contributed by atoms with E-state index in [9.17, 15) is 0 Å². The van der Waals surface area contributed by atoms with Crippen LogP contribution in [0.2, 0.25) is 0 Å². The second-order valence-corrected chi connectivity index (χ2v) is 6.55. The van der Waals surface area contributed by atoms with Crippen LogP contribution in [0.3, 0.4) is 0 Å². The van der Waals surface area contributed by atoms with Gasteiger partial charge in [0.05, 0.1) is 0 Å². The topological polar surface area (TPSA) is 21.3 Å². The van der Waals surface area contributed by atoms with Gasteiger partial charge in [-0.1, -0.05) is 44.4 Å². The van der Waals surface area contributed by atoms with Crippen LogP contribution in [0.5, 0.6) is 5.75 Å². The molecule has 19 heavy (non-hydrogen) atoms. The number of benzene rings is 1. The Morgan fingerprint density at radius 2 is 2.00 bits per heavy atom. The first kappa shape index (κ1) is 13.0. The van der Waals surface area contributed by atoms with E-state index in [0.717, 1.165) is 25.3 Å². The van der Waals surface area contributed by atoms with Crippen molar-refractivity contribution in [3.05, 3.63) is 29.8 Å². The molecular weight excluding hydrogens is 234 g/mol. The molecule has 1 atom stereocenters. The molecule has 0 saturated heterocycles. The third-order valence-corrected chi connectivity index (χ3v) is 4.70. The molecule has 1 aliphatic carbocycles. The van der Waals surface area contributed by atoms with Gasteiger partial charge in [-0.25, -0.2) is 0 Å². The maximum absolute atomic E-state index is 5.97. The van der Waals surface area contributed by atoms with E-state index < -0.39 is 0 Å². The summed E-state index contributed by atoms with van der Waals surface area (Å²) in [6, 6.07) is 8.41. The average molecular weight is 259 g/mol. The van der Waals surface area contributed by atoms with Gasteiger partial charge < -0.3 is 10.1 Å². The van der Waals surface area contributed by atoms with Crippen LogP contribution in [0.25, 0.3) is 0 Å². The number of hydrogen-bond acceptors (Lipinski definition) is 2. The van der Waals surface area contributed by atoms with E-state index in [-0.39, 0.29) is 0 Å². The van der Waals surface area contributed by atoms with E-state index in [1.807, 2.05) is 0 Å². The Bertz CT molecular complexity index is 398. The van der Waals surface area contributed by atoms with Crippen LogP contribution in [0.4, 0.5) is 0 Å². The minimum Gasteiger partial charge on any atom is -0.488 e. The summed E-state index contributed by atoms with van der Waals surface area (Å²) < 4.78 is 5.97. The number of rotatable bonds is 4. The van der Waals surface area contributed by atoms with Crippen LogP contribution in [0, 0.1) is 5.41 Å². The number of para-hydroxylation sites is 1. The summed E-state index contributed by atoms with van der Waals surface area (Å²) in [4.78, 5) is 0. The Morgan fingerprint density at radius 3 is 2.79 bits per heavy atom. The van der Waals surface area contributed by atoms with Crippen molar-refractivity contribution < 1.29 is 4.74 Å². The summed E-state index contributed by atoms with van der Waals surface area (Å²) >= 11 is 0. The quantitative estimate of drug-likeness (QED) is 0.893. The Kier molecular flexibility index (Phi) is 3.79. The molecule has 2 nitrogen and oxygen atoms in total. The van der Waals surface area contributed by atoms with Gasteiger partial charge in [-0.05, 0) is 29.9 Å². The average Bonchev–Trinajstić information content (AvgIpc) is 2.82. The SMILES string of the molecule is CC1(CNCC2Cc3ccccc3O2)CCCCC1. The largest absolute Gasteiger partial charge is 0.488 e. The fraction of sp³-hybridized carbons (Fsp3) is 0.647. The van der Waals surface area contributed by atoms with Gasteiger partial charge in [-0.15, -0.1) is 0 Å². The Morgan fingerprint density at radius 1 is 1.21 bits per heavy atom. The number of ether oxygens (including phenoxy) is 1. The number of nitrogens with one attached hydrogen (secondary N) is 1. The second-order valence-electron chi connectivity index (χ2n) is 6.55. The summed E-state index contributed by atoms with van der Waals surface area (Å²) in [6.45, 7) is 4.55. The van der Waals surface area contributed by atoms with Crippen molar-refractivity contribution in [1.82, 2.24) is 5.32 Å². The maximum atomic E-state index is 5.97. The predicted octanol–water partition coefficient (Wildman–Crippen LogP) is 3.55. The molecule has 1 N–H and O–H groups in total. The third-order valence-electron chi connectivity index (χ3n) is 4.70. The molecule has 2 aliphatic rings. The van der Waals surface area contributed by atoms with Gasteiger partial charge in [-0.2, -0.15) is 0 Å². The summed E-state index contributed by atoms with van der Waals surface area (Å²) in [5.41, 5.74) is 1.88. The van der Waals surface area contributed by atoms with Crippen LogP contribution in [0.1, 0.15) is 44.6 Å². The van der Waals surface area contributed by atoms with Crippen molar-refractivity contribution >= 4 is 0 Å². The van der Waals surface area contributed by atoms with Gasteiger partial charge in [0.15, 0.2) is 0 Å². The molecule has 3 rings (SSSR count). The van der Waals surface area contributed by atoms with Crippen molar-refractivity contribution in [3.63, 3.8) is 0 Å². The first-order valence-electron chi connectivity index (χ1n) is 7.70. The van der Waals surface area contributed by atoms with E-state index >= 15 is 0 Å². The molecule has 0 aromatic heterocycles. The molecule has 1 unspecified atom stereocenters. The normalized spacial score (nSPS) is 24.8. The summed E-state index contributed by atoms with van der Waals surface area (Å²) in [5, 5.41) is 3.65. The van der Waals surface area contributed by atoms with Crippen LogP contribution in [-0.4, -0.2) is 19.2 Å². The summed E-state index contributed by atoms with van der Waals surface area (Å²) in [7, 11) is 0. The number of hydrogen-bond donors (Lipinski definition) is 1. The molecule has 1 aliphatic heterocycles. The Hall–Kier alpha value is -1.02. The Labute approximate surface area is 116 Å². The smallest absolute Gasteiger partial charge is 0.123 e. The van der Waals surface area contributed by atoms with Crippen LogP contribution >= 0.6 is 0 Å². The fourth-order valence-electron chi connectivity index (χ4n) is 3.48. The zero-order chi connectivity index (χ0) is 13.1. The lowest BCUT2D eigenvalue weighted by Crippen LogP contribution is -2.38. The minimum atomic E-state index is 0.324. The molecule has 1 fully saturated rings. The molecule has 2 heteroatoms. The number of fused-ring (bicyclic) bond motifs is 1. The van der Waals surface area contributed by atoms with Gasteiger partial charge in [-0.3, -0.25) is 0 Å². The molecule has 1 heterocycles. The third kappa shape index (κ3) is 3.11. The van der Waals surface area contributed by atoms with Crippen molar-refractivity contribution in [1.29, 1.82) is 0 Å². The van der Waals surface area contributed by atoms with E-state index in [4.69, 9.17) is 4.74 Å². The standard InChI is InChI=1S/C17H25NO/c1-17(9-5-2-6-10-17)13-18-12-15-11-14-7-3-4-8-16(14)19-15/h3-4,7-8,15,18H,2,5-6,9-13H2,1H3. The molecular formula is C17H25NO. The molecule has 0 radical (unpaired) electrons. The van der Waals surface area contributed by atoms with Crippen LogP contribution in [-0.2, 0) is 6.42 Å². The van der Waals surface area contributed by atoms with E-state index in [1.54, 1.807) is 0 Å². The van der Waals surface area contributed by atoms with Crippen LogP contribution < -0.4 is 10.1 Å². The zero-order valence-electron chi connectivity index (χ0n) is 12.0. The minimum absolute atomic E-state index is 0.324. The lowest BCUT2D eigenvalue weighted by Gasteiger charge is -2.34. The molecule has 0 spiro atoms. The summed E-state index contributed by atoms with van der Waals surface area (Å²) in [5.74, 6) is 1.08. The maximum Gasteiger partial charge on any atom is 0.123 e. The van der Waals surface area contributed by atoms with Gasteiger partial charge in [0, 0.05) is 19.5 Å². The molecule has 0 amide bonds. The predicted molar refractivity (Wildman–Crippen MR) is 78.6 cm³/mol. The summed E-state index contributed by atoms with van der Waals surface area (Å²) in [6.07, 6.45) is 8.38. The zero-order valence-corrected chi connectivity index (χ0v) is 12.0. The van der Waals surface area contributed by atoms with Gasteiger partial charge >= 0.3 is 0 Å². The van der Waals surface area contributed by atoms with Crippen molar-refractivity contribution in [2.45, 2.75) is 51.6 Å². The van der Waals surface area contributed by atoms with Crippen molar-refractivity contribution in [2.24, 2.45) is 5.41 Å². The van der Waals surface area contributed by atoms with Crippen molar-refractivity contribution in [2.75, 3.05) is 13.1 Å². The highest BCUT2D eigenvalue weighted by atomic mass is 16.5. The molecule has 0 bridgehead atoms. The molecule has 1 aromatic rings. The molecule has 104 valence electrons. The molecule has 1 aromatic carbocycles. The monoisotopic (exact) mass is 259 g/mol. The van der Waals surface area contributed by atoms with E-state index in [1.165, 1.54) is 37.7 Å². The highest BCUT2D eigenvalue weighted by molar-refractivity contribution is 5.37. The lowest BCUT2D eigenvalue weighted by molar-refractivity contribution is 0.184.